The molecule has 7 heteroatoms. The molecule has 154 valence electrons. The molecule has 31 heavy (non-hydrogen) atoms. The van der Waals surface area contributed by atoms with Gasteiger partial charge in [0.05, 0.1) is 40.2 Å². The molecule has 0 unspecified atom stereocenters. The van der Waals surface area contributed by atoms with Gasteiger partial charge in [0.1, 0.15) is 13.2 Å². The molecule has 0 saturated heterocycles. The molecule has 0 fully saturated rings. The van der Waals surface area contributed by atoms with Gasteiger partial charge >= 0.3 is 0 Å². The minimum Gasteiger partial charge on any atom is -0.493 e. The summed E-state index contributed by atoms with van der Waals surface area (Å²) in [6, 6.07) is 22.5. The minimum atomic E-state index is 0.202. The van der Waals surface area contributed by atoms with Gasteiger partial charge in [-0.1, -0.05) is 41.6 Å². The molecule has 6 nitrogen and oxygen atoms in total. The van der Waals surface area contributed by atoms with E-state index in [0.29, 0.717) is 22.6 Å². The predicted molar refractivity (Wildman–Crippen MR) is 125 cm³/mol. The number of rotatable bonds is 8. The number of nitrogens with zero attached hydrogens (tertiary/aromatic N) is 3. The molecule has 0 amide bonds. The van der Waals surface area contributed by atoms with Crippen LogP contribution in [0.2, 0.25) is 0 Å². The maximum absolute atomic E-state index is 9.24. The topological polar surface area (TPSA) is 87.6 Å². The molecular formula is C24H18IN3O3. The highest BCUT2D eigenvalue weighted by molar-refractivity contribution is 14.1. The Balaban J connectivity index is 1.69. The second kappa shape index (κ2) is 11.0. The van der Waals surface area contributed by atoms with E-state index in [2.05, 4.69) is 39.9 Å². The van der Waals surface area contributed by atoms with Crippen molar-refractivity contribution in [1.29, 1.82) is 10.5 Å². The van der Waals surface area contributed by atoms with Gasteiger partial charge in [-0.05, 0) is 46.9 Å². The van der Waals surface area contributed by atoms with Crippen LogP contribution >= 0.6 is 22.6 Å². The number of methoxy groups -OCH3 is 1. The summed E-state index contributed by atoms with van der Waals surface area (Å²) >= 11 is 2.17. The first-order valence-electron chi connectivity index (χ1n) is 9.28. The summed E-state index contributed by atoms with van der Waals surface area (Å²) in [7, 11) is 1.57. The van der Waals surface area contributed by atoms with E-state index in [0.717, 1.165) is 20.3 Å². The summed E-state index contributed by atoms with van der Waals surface area (Å²) in [6.45, 7) is 0.457. The maximum Gasteiger partial charge on any atom is 0.174 e. The Hall–Kier alpha value is -3.56. The largest absolute Gasteiger partial charge is 0.493 e. The number of benzene rings is 3. The zero-order valence-electron chi connectivity index (χ0n) is 16.7. The Labute approximate surface area is 194 Å². The first-order chi connectivity index (χ1) is 15.2. The molecule has 0 bridgehead atoms. The van der Waals surface area contributed by atoms with Crippen molar-refractivity contribution in [1.82, 2.24) is 0 Å². The number of oxime groups is 1. The number of halogens is 1. The SMILES string of the molecule is COc1cc(/C=N\OCc2ccccc2C#N)cc(I)c1OCc1ccccc1C#N. The van der Waals surface area contributed by atoms with E-state index in [1.807, 2.05) is 42.5 Å². The van der Waals surface area contributed by atoms with E-state index in [1.54, 1.807) is 31.5 Å². The maximum atomic E-state index is 9.24. The van der Waals surface area contributed by atoms with E-state index in [4.69, 9.17) is 19.6 Å². The molecule has 3 aromatic carbocycles. The summed E-state index contributed by atoms with van der Waals surface area (Å²) < 4.78 is 12.3. The summed E-state index contributed by atoms with van der Waals surface area (Å²) in [5.41, 5.74) is 3.50. The van der Waals surface area contributed by atoms with Crippen molar-refractivity contribution in [2.24, 2.45) is 5.16 Å². The van der Waals surface area contributed by atoms with E-state index >= 15 is 0 Å². The van der Waals surface area contributed by atoms with Gasteiger partial charge in [0.25, 0.3) is 0 Å². The van der Waals surface area contributed by atoms with Gasteiger partial charge in [-0.15, -0.1) is 0 Å². The molecule has 0 aliphatic heterocycles. The lowest BCUT2D eigenvalue weighted by atomic mass is 10.1. The van der Waals surface area contributed by atoms with Gasteiger partial charge < -0.3 is 14.3 Å². The zero-order chi connectivity index (χ0) is 22.1. The van der Waals surface area contributed by atoms with E-state index < -0.39 is 0 Å². The van der Waals surface area contributed by atoms with Gasteiger partial charge in [0, 0.05) is 16.7 Å². The van der Waals surface area contributed by atoms with Crippen LogP contribution < -0.4 is 9.47 Å². The zero-order valence-corrected chi connectivity index (χ0v) is 18.9. The molecule has 0 radical (unpaired) electrons. The smallest absolute Gasteiger partial charge is 0.174 e. The summed E-state index contributed by atoms with van der Waals surface area (Å²) in [5.74, 6) is 1.15. The third-order valence-corrected chi connectivity index (χ3v) is 5.20. The second-order valence-corrected chi connectivity index (χ2v) is 7.53. The van der Waals surface area contributed by atoms with Gasteiger partial charge in [0.15, 0.2) is 11.5 Å². The molecule has 0 aliphatic carbocycles. The highest BCUT2D eigenvalue weighted by atomic mass is 127. The molecule has 0 heterocycles. The third kappa shape index (κ3) is 5.74. The molecule has 3 rings (SSSR count). The average Bonchev–Trinajstić information content (AvgIpc) is 2.81. The Bertz CT molecular complexity index is 1180. The van der Waals surface area contributed by atoms with Crippen molar-refractivity contribution in [3.05, 3.63) is 92.1 Å². The average molecular weight is 523 g/mol. The van der Waals surface area contributed by atoms with Crippen molar-refractivity contribution in [3.63, 3.8) is 0 Å². The van der Waals surface area contributed by atoms with Gasteiger partial charge in [-0.2, -0.15) is 10.5 Å². The van der Waals surface area contributed by atoms with Crippen LogP contribution in [0.3, 0.4) is 0 Å². The highest BCUT2D eigenvalue weighted by Crippen LogP contribution is 2.34. The Kier molecular flexibility index (Phi) is 7.85. The van der Waals surface area contributed by atoms with Crippen molar-refractivity contribution in [2.75, 3.05) is 7.11 Å². The van der Waals surface area contributed by atoms with Gasteiger partial charge in [0.2, 0.25) is 0 Å². The van der Waals surface area contributed by atoms with E-state index in [1.165, 1.54) is 0 Å². The molecule has 0 N–H and O–H groups in total. The van der Waals surface area contributed by atoms with Gasteiger partial charge in [-0.25, -0.2) is 0 Å². The van der Waals surface area contributed by atoms with Crippen LogP contribution in [-0.2, 0) is 18.1 Å². The minimum absolute atomic E-state index is 0.202. The standard InChI is InChI=1S/C24H18IN3O3/c1-29-23-11-17(14-28-31-16-21-9-5-3-7-19(21)13-27)10-22(25)24(23)30-15-20-8-4-2-6-18(20)12-26/h2-11,14H,15-16H2,1H3/b28-14-. The van der Waals surface area contributed by atoms with Crippen LogP contribution in [0.15, 0.2) is 65.8 Å². The van der Waals surface area contributed by atoms with Crippen molar-refractivity contribution < 1.29 is 14.3 Å². The molecular weight excluding hydrogens is 505 g/mol. The molecule has 0 saturated carbocycles. The lowest BCUT2D eigenvalue weighted by Crippen LogP contribution is -2.02. The second-order valence-electron chi connectivity index (χ2n) is 6.37. The quantitative estimate of drug-likeness (QED) is 0.231. The summed E-state index contributed by atoms with van der Waals surface area (Å²) in [5, 5.41) is 22.4. The van der Waals surface area contributed by atoms with Crippen LogP contribution in [0.5, 0.6) is 11.5 Å². The number of hydrogen-bond donors (Lipinski definition) is 0. The van der Waals surface area contributed by atoms with E-state index in [-0.39, 0.29) is 13.2 Å². The lowest BCUT2D eigenvalue weighted by Gasteiger charge is -2.14. The number of ether oxygens (including phenoxy) is 2. The number of hydrogen-bond acceptors (Lipinski definition) is 6. The van der Waals surface area contributed by atoms with E-state index in [9.17, 15) is 5.26 Å². The van der Waals surface area contributed by atoms with Crippen molar-refractivity contribution in [2.45, 2.75) is 13.2 Å². The summed E-state index contributed by atoms with van der Waals surface area (Å²) in [6.07, 6.45) is 1.58. The monoisotopic (exact) mass is 523 g/mol. The molecule has 3 aromatic rings. The fourth-order valence-corrected chi connectivity index (χ4v) is 3.60. The molecule has 0 aromatic heterocycles. The normalized spacial score (nSPS) is 10.3. The first-order valence-corrected chi connectivity index (χ1v) is 10.4. The fraction of sp³-hybridized carbons (Fsp3) is 0.125. The highest BCUT2D eigenvalue weighted by Gasteiger charge is 2.12. The van der Waals surface area contributed by atoms with Crippen LogP contribution in [0, 0.1) is 26.2 Å². The van der Waals surface area contributed by atoms with Crippen molar-refractivity contribution in [3.8, 4) is 23.6 Å². The fourth-order valence-electron chi connectivity index (χ4n) is 2.82. The molecule has 0 aliphatic rings. The molecule has 0 spiro atoms. The summed E-state index contributed by atoms with van der Waals surface area (Å²) in [4.78, 5) is 5.35. The third-order valence-electron chi connectivity index (χ3n) is 4.40. The Morgan fingerprint density at radius 2 is 1.55 bits per heavy atom. The van der Waals surface area contributed by atoms with Crippen LogP contribution in [-0.4, -0.2) is 13.3 Å². The van der Waals surface area contributed by atoms with Crippen LogP contribution in [0.4, 0.5) is 0 Å². The Morgan fingerprint density at radius 1 is 0.935 bits per heavy atom. The van der Waals surface area contributed by atoms with Crippen LogP contribution in [0.25, 0.3) is 0 Å². The van der Waals surface area contributed by atoms with Crippen molar-refractivity contribution >= 4 is 28.8 Å². The predicted octanol–water partition coefficient (Wildman–Crippen LogP) is 5.17. The number of nitriles is 2. The van der Waals surface area contributed by atoms with Gasteiger partial charge in [-0.3, -0.25) is 0 Å². The Morgan fingerprint density at radius 3 is 2.16 bits per heavy atom. The first kappa shape index (κ1) is 22.1. The lowest BCUT2D eigenvalue weighted by molar-refractivity contribution is 0.132. The molecule has 0 atom stereocenters. The van der Waals surface area contributed by atoms with Crippen LogP contribution in [0.1, 0.15) is 27.8 Å².